The minimum absolute atomic E-state index is 0.0859. The van der Waals surface area contributed by atoms with Gasteiger partial charge < -0.3 is 5.32 Å². The van der Waals surface area contributed by atoms with Crippen LogP contribution in [0, 0.1) is 5.92 Å². The lowest BCUT2D eigenvalue weighted by molar-refractivity contribution is -0.139. The van der Waals surface area contributed by atoms with E-state index in [0.717, 1.165) is 43.6 Å². The highest BCUT2D eigenvalue weighted by molar-refractivity contribution is 5.98. The molecule has 7 heteroatoms. The highest BCUT2D eigenvalue weighted by atomic mass is 19.4. The fourth-order valence-electron chi connectivity index (χ4n) is 4.21. The molecule has 1 amide bonds. The Balaban J connectivity index is 1.69. The van der Waals surface area contributed by atoms with Crippen molar-refractivity contribution in [2.24, 2.45) is 5.92 Å². The van der Waals surface area contributed by atoms with Crippen LogP contribution in [0.4, 0.5) is 13.2 Å². The Labute approximate surface area is 172 Å². The normalized spacial score (nSPS) is 16.4. The van der Waals surface area contributed by atoms with Gasteiger partial charge in [0.15, 0.2) is 0 Å². The Morgan fingerprint density at radius 2 is 1.73 bits per heavy atom. The van der Waals surface area contributed by atoms with E-state index in [9.17, 15) is 18.0 Å². The summed E-state index contributed by atoms with van der Waals surface area (Å²) in [5.41, 5.74) is 0.130. The van der Waals surface area contributed by atoms with Crippen molar-refractivity contribution in [1.82, 2.24) is 15.3 Å². The third-order valence-electron chi connectivity index (χ3n) is 5.71. The highest BCUT2D eigenvalue weighted by Crippen LogP contribution is 2.39. The lowest BCUT2D eigenvalue weighted by Gasteiger charge is -2.32. The number of hydrogen-bond acceptors (Lipinski definition) is 3. The van der Waals surface area contributed by atoms with Crippen LogP contribution < -0.4 is 5.32 Å². The van der Waals surface area contributed by atoms with Crippen molar-refractivity contribution in [1.29, 1.82) is 0 Å². The quantitative estimate of drug-likeness (QED) is 0.597. The number of alkyl halides is 3. The van der Waals surface area contributed by atoms with E-state index < -0.39 is 23.7 Å². The van der Waals surface area contributed by atoms with E-state index in [1.807, 2.05) is 6.07 Å². The molecule has 0 aliphatic heterocycles. The number of hydrogen-bond donors (Lipinski definition) is 1. The van der Waals surface area contributed by atoms with Gasteiger partial charge >= 0.3 is 6.18 Å². The van der Waals surface area contributed by atoms with Gasteiger partial charge in [-0.1, -0.05) is 31.4 Å². The van der Waals surface area contributed by atoms with Crippen molar-refractivity contribution < 1.29 is 18.0 Å². The molecule has 0 saturated heterocycles. The maximum atomic E-state index is 13.6. The SMILES string of the molecule is O=C(N[C@H](c1ncccc1C(F)(F)F)C1CCCCC1)c1ccc2cccnc2c1. The number of carbonyl (C=O) groups excluding carboxylic acids is 1. The molecule has 0 radical (unpaired) electrons. The van der Waals surface area contributed by atoms with Crippen LogP contribution in [0.3, 0.4) is 0 Å². The van der Waals surface area contributed by atoms with Crippen molar-refractivity contribution in [3.05, 3.63) is 71.7 Å². The van der Waals surface area contributed by atoms with Crippen LogP contribution in [-0.4, -0.2) is 15.9 Å². The molecule has 156 valence electrons. The molecule has 0 spiro atoms. The number of halogens is 3. The lowest BCUT2D eigenvalue weighted by Crippen LogP contribution is -2.36. The number of aromatic nitrogens is 2. The second kappa shape index (κ2) is 8.42. The Bertz CT molecular complexity index is 1050. The summed E-state index contributed by atoms with van der Waals surface area (Å²) in [6.07, 6.45) is 2.91. The molecule has 1 atom stereocenters. The van der Waals surface area contributed by atoms with E-state index in [0.29, 0.717) is 11.1 Å². The first kappa shape index (κ1) is 20.3. The minimum atomic E-state index is -4.53. The molecule has 1 aliphatic carbocycles. The molecule has 1 aromatic carbocycles. The van der Waals surface area contributed by atoms with E-state index in [2.05, 4.69) is 15.3 Å². The van der Waals surface area contributed by atoms with E-state index in [-0.39, 0.29) is 11.6 Å². The van der Waals surface area contributed by atoms with E-state index in [1.165, 1.54) is 12.3 Å². The molecule has 1 fully saturated rings. The zero-order valence-corrected chi connectivity index (χ0v) is 16.3. The fourth-order valence-corrected chi connectivity index (χ4v) is 4.21. The number of fused-ring (bicyclic) bond motifs is 1. The van der Waals surface area contributed by atoms with Gasteiger partial charge in [-0.15, -0.1) is 0 Å². The Kier molecular flexibility index (Phi) is 5.70. The predicted octanol–water partition coefficient (Wildman–Crippen LogP) is 5.70. The molecule has 0 unspecified atom stereocenters. The van der Waals surface area contributed by atoms with Gasteiger partial charge in [0, 0.05) is 23.3 Å². The zero-order valence-electron chi connectivity index (χ0n) is 16.3. The van der Waals surface area contributed by atoms with E-state index >= 15 is 0 Å². The summed E-state index contributed by atoms with van der Waals surface area (Å²) in [6, 6.07) is 10.3. The van der Waals surface area contributed by atoms with Crippen molar-refractivity contribution in [2.45, 2.75) is 44.3 Å². The van der Waals surface area contributed by atoms with Crippen molar-refractivity contribution in [3.8, 4) is 0 Å². The highest BCUT2D eigenvalue weighted by Gasteiger charge is 2.39. The summed E-state index contributed by atoms with van der Waals surface area (Å²) < 4.78 is 40.9. The first-order chi connectivity index (χ1) is 14.4. The standard InChI is InChI=1S/C23H22F3N3O/c24-23(25,26)18-9-5-13-28-21(18)20(16-6-2-1-3-7-16)29-22(30)17-11-10-15-8-4-12-27-19(15)14-17/h4-5,8-14,16,20H,1-3,6-7H2,(H,29,30)/t20-/m0/s1. The average molecular weight is 413 g/mol. The van der Waals surface area contributed by atoms with Gasteiger partial charge in [-0.05, 0) is 49.1 Å². The summed E-state index contributed by atoms with van der Waals surface area (Å²) in [5, 5.41) is 3.76. The summed E-state index contributed by atoms with van der Waals surface area (Å²) in [4.78, 5) is 21.4. The summed E-state index contributed by atoms with van der Waals surface area (Å²) >= 11 is 0. The number of pyridine rings is 2. The van der Waals surface area contributed by atoms with Crippen molar-refractivity contribution in [3.63, 3.8) is 0 Å². The number of carbonyl (C=O) groups is 1. The molecule has 4 rings (SSSR count). The third kappa shape index (κ3) is 4.30. The Hall–Kier alpha value is -2.96. The Morgan fingerprint density at radius 3 is 2.50 bits per heavy atom. The molecule has 1 aliphatic rings. The molecule has 3 aromatic rings. The van der Waals surface area contributed by atoms with Crippen LogP contribution in [0.15, 0.2) is 54.9 Å². The van der Waals surface area contributed by atoms with E-state index in [4.69, 9.17) is 0 Å². The van der Waals surface area contributed by atoms with Gasteiger partial charge in [0.05, 0.1) is 22.8 Å². The van der Waals surface area contributed by atoms with Gasteiger partial charge in [0.2, 0.25) is 0 Å². The number of benzene rings is 1. The monoisotopic (exact) mass is 413 g/mol. The topological polar surface area (TPSA) is 54.9 Å². The fraction of sp³-hybridized carbons (Fsp3) is 0.348. The van der Waals surface area contributed by atoms with Gasteiger partial charge in [0.25, 0.3) is 5.91 Å². The maximum absolute atomic E-state index is 13.6. The third-order valence-corrected chi connectivity index (χ3v) is 5.71. The van der Waals surface area contributed by atoms with Gasteiger partial charge in [-0.2, -0.15) is 13.2 Å². The van der Waals surface area contributed by atoms with Gasteiger partial charge in [-0.25, -0.2) is 0 Å². The maximum Gasteiger partial charge on any atom is 0.418 e. The molecule has 0 bridgehead atoms. The molecule has 2 aromatic heterocycles. The van der Waals surface area contributed by atoms with Crippen LogP contribution in [0.25, 0.3) is 10.9 Å². The van der Waals surface area contributed by atoms with Crippen LogP contribution in [0.2, 0.25) is 0 Å². The van der Waals surface area contributed by atoms with E-state index in [1.54, 1.807) is 30.5 Å². The first-order valence-electron chi connectivity index (χ1n) is 10.1. The second-order valence-corrected chi connectivity index (χ2v) is 7.69. The number of amides is 1. The number of nitrogens with zero attached hydrogens (tertiary/aromatic N) is 2. The van der Waals surface area contributed by atoms with Crippen LogP contribution in [0.5, 0.6) is 0 Å². The molecule has 2 heterocycles. The van der Waals surface area contributed by atoms with Crippen molar-refractivity contribution >= 4 is 16.8 Å². The molecule has 30 heavy (non-hydrogen) atoms. The molecule has 4 nitrogen and oxygen atoms in total. The second-order valence-electron chi connectivity index (χ2n) is 7.69. The number of rotatable bonds is 4. The van der Waals surface area contributed by atoms with Gasteiger partial charge in [-0.3, -0.25) is 14.8 Å². The largest absolute Gasteiger partial charge is 0.418 e. The smallest absolute Gasteiger partial charge is 0.343 e. The molecular formula is C23H22F3N3O. The summed E-state index contributed by atoms with van der Waals surface area (Å²) in [6.45, 7) is 0. The zero-order chi connectivity index (χ0) is 21.1. The van der Waals surface area contributed by atoms with Crippen LogP contribution >= 0.6 is 0 Å². The predicted molar refractivity (Wildman–Crippen MR) is 108 cm³/mol. The average Bonchev–Trinajstić information content (AvgIpc) is 2.77. The van der Waals surface area contributed by atoms with Crippen molar-refractivity contribution in [2.75, 3.05) is 0 Å². The van der Waals surface area contributed by atoms with Gasteiger partial charge in [0.1, 0.15) is 0 Å². The van der Waals surface area contributed by atoms with Crippen LogP contribution in [0.1, 0.15) is 59.8 Å². The summed E-state index contributed by atoms with van der Waals surface area (Å²) in [5.74, 6) is -0.505. The summed E-state index contributed by atoms with van der Waals surface area (Å²) in [7, 11) is 0. The molecular weight excluding hydrogens is 391 g/mol. The lowest BCUT2D eigenvalue weighted by atomic mass is 9.81. The number of nitrogens with one attached hydrogen (secondary N) is 1. The Morgan fingerprint density at radius 1 is 1.00 bits per heavy atom. The minimum Gasteiger partial charge on any atom is -0.343 e. The molecule has 1 N–H and O–H groups in total. The molecule has 1 saturated carbocycles. The first-order valence-corrected chi connectivity index (χ1v) is 10.1. The van der Waals surface area contributed by atoms with Crippen LogP contribution in [-0.2, 0) is 6.18 Å².